The van der Waals surface area contributed by atoms with E-state index in [2.05, 4.69) is 44.8 Å². The van der Waals surface area contributed by atoms with Crippen molar-refractivity contribution < 1.29 is 0 Å². The maximum atomic E-state index is 4.40. The van der Waals surface area contributed by atoms with Gasteiger partial charge in [-0.3, -0.25) is 4.90 Å². The van der Waals surface area contributed by atoms with Crippen LogP contribution in [0.4, 0.5) is 5.82 Å². The molecule has 0 radical (unpaired) electrons. The minimum atomic E-state index is 0.688. The van der Waals surface area contributed by atoms with Crippen LogP contribution < -0.4 is 5.32 Å². The van der Waals surface area contributed by atoms with Gasteiger partial charge in [-0.15, -0.1) is 0 Å². The molecule has 1 saturated heterocycles. The topological polar surface area (TPSA) is 46.0 Å². The monoisotopic (exact) mass is 285 g/mol. The van der Waals surface area contributed by atoms with Gasteiger partial charge in [0.15, 0.2) is 0 Å². The number of nitrogens with one attached hydrogen (secondary N) is 1. The van der Waals surface area contributed by atoms with E-state index in [4.69, 9.17) is 0 Å². The Hall–Kier alpha value is -1.88. The van der Waals surface area contributed by atoms with Gasteiger partial charge in [-0.1, -0.05) is 0 Å². The van der Waals surface area contributed by atoms with Gasteiger partial charge in [-0.2, -0.15) is 0 Å². The molecule has 112 valence electrons. The van der Waals surface area contributed by atoms with Crippen LogP contribution in [-0.4, -0.2) is 39.1 Å². The van der Waals surface area contributed by atoms with Crippen LogP contribution in [0.5, 0.6) is 0 Å². The molecule has 5 nitrogen and oxygen atoms in total. The first-order valence-electron chi connectivity index (χ1n) is 7.56. The molecule has 2 aromatic heterocycles. The van der Waals surface area contributed by atoms with Crippen LogP contribution >= 0.6 is 0 Å². The molecular formula is C16H23N5. The lowest BCUT2D eigenvalue weighted by molar-refractivity contribution is 0.307. The number of aromatic nitrogens is 3. The molecule has 3 rings (SSSR count). The molecule has 0 saturated carbocycles. The van der Waals surface area contributed by atoms with Gasteiger partial charge in [0.2, 0.25) is 0 Å². The van der Waals surface area contributed by atoms with Crippen molar-refractivity contribution in [3.8, 4) is 0 Å². The smallest absolute Gasteiger partial charge is 0.126 e. The lowest BCUT2D eigenvalue weighted by atomic mass is 10.1. The number of likely N-dealkylation sites (tertiary alicyclic amines) is 1. The van der Waals surface area contributed by atoms with Gasteiger partial charge >= 0.3 is 0 Å². The van der Waals surface area contributed by atoms with E-state index in [-0.39, 0.29) is 0 Å². The van der Waals surface area contributed by atoms with E-state index >= 15 is 0 Å². The average molecular weight is 285 g/mol. The van der Waals surface area contributed by atoms with Gasteiger partial charge in [0.1, 0.15) is 11.6 Å². The van der Waals surface area contributed by atoms with Gasteiger partial charge in [0.05, 0.1) is 6.54 Å². The Morgan fingerprint density at radius 2 is 2.24 bits per heavy atom. The van der Waals surface area contributed by atoms with E-state index < -0.39 is 0 Å². The number of anilines is 1. The molecular weight excluding hydrogens is 262 g/mol. The highest BCUT2D eigenvalue weighted by atomic mass is 15.2. The molecule has 21 heavy (non-hydrogen) atoms. The normalized spacial score (nSPS) is 19.0. The van der Waals surface area contributed by atoms with Crippen LogP contribution in [0.3, 0.4) is 0 Å². The molecule has 3 heterocycles. The Morgan fingerprint density at radius 3 is 3.00 bits per heavy atom. The van der Waals surface area contributed by atoms with Crippen LogP contribution in [0.2, 0.25) is 0 Å². The maximum Gasteiger partial charge on any atom is 0.126 e. The lowest BCUT2D eigenvalue weighted by Gasteiger charge is -2.16. The molecule has 0 aliphatic carbocycles. The molecule has 0 amide bonds. The van der Waals surface area contributed by atoms with E-state index in [0.29, 0.717) is 5.92 Å². The predicted molar refractivity (Wildman–Crippen MR) is 84.1 cm³/mol. The van der Waals surface area contributed by atoms with Crippen LogP contribution in [-0.2, 0) is 13.6 Å². The zero-order valence-corrected chi connectivity index (χ0v) is 12.8. The van der Waals surface area contributed by atoms with Gasteiger partial charge in [0, 0.05) is 38.7 Å². The van der Waals surface area contributed by atoms with E-state index in [1.165, 1.54) is 12.0 Å². The second kappa shape index (κ2) is 6.26. The molecule has 5 heteroatoms. The molecule has 0 unspecified atom stereocenters. The van der Waals surface area contributed by atoms with Crippen molar-refractivity contribution in [1.82, 2.24) is 19.4 Å². The quantitative estimate of drug-likeness (QED) is 0.913. The predicted octanol–water partition coefficient (Wildman–Crippen LogP) is 2.06. The Labute approximate surface area is 126 Å². The SMILES string of the molecule is Cc1ccnc(NC[C@@H]2CCN(Cc3nccn3C)C2)c1. The first kappa shape index (κ1) is 14.1. The number of nitrogens with zero attached hydrogens (tertiary/aromatic N) is 4. The zero-order valence-electron chi connectivity index (χ0n) is 12.8. The third-order valence-electron chi connectivity index (χ3n) is 4.14. The van der Waals surface area contributed by atoms with Crippen LogP contribution in [0.15, 0.2) is 30.7 Å². The summed E-state index contributed by atoms with van der Waals surface area (Å²) in [7, 11) is 2.06. The molecule has 0 aromatic carbocycles. The highest BCUT2D eigenvalue weighted by Crippen LogP contribution is 2.18. The molecule has 1 N–H and O–H groups in total. The molecule has 1 aliphatic heterocycles. The minimum absolute atomic E-state index is 0.688. The highest BCUT2D eigenvalue weighted by molar-refractivity contribution is 5.36. The summed E-state index contributed by atoms with van der Waals surface area (Å²) in [6.45, 7) is 6.32. The fourth-order valence-corrected chi connectivity index (χ4v) is 2.85. The summed E-state index contributed by atoms with van der Waals surface area (Å²) in [6, 6.07) is 4.12. The standard InChI is InChI=1S/C16H23N5/c1-13-3-5-17-15(9-13)19-10-14-4-7-21(11-14)12-16-18-6-8-20(16)2/h3,5-6,8-9,14H,4,7,10-12H2,1-2H3,(H,17,19)/t14-/m0/s1. The van der Waals surface area contributed by atoms with Crippen LogP contribution in [0, 0.1) is 12.8 Å². The summed E-state index contributed by atoms with van der Waals surface area (Å²) in [4.78, 5) is 11.2. The zero-order chi connectivity index (χ0) is 14.7. The molecule has 1 atom stereocenters. The molecule has 0 bridgehead atoms. The van der Waals surface area contributed by atoms with Gasteiger partial charge in [-0.25, -0.2) is 9.97 Å². The molecule has 0 spiro atoms. The number of aryl methyl sites for hydroxylation is 2. The van der Waals surface area contributed by atoms with Crippen molar-refractivity contribution >= 4 is 5.82 Å². The summed E-state index contributed by atoms with van der Waals surface area (Å²) >= 11 is 0. The number of rotatable bonds is 5. The van der Waals surface area contributed by atoms with Crippen molar-refractivity contribution in [2.75, 3.05) is 25.0 Å². The second-order valence-electron chi connectivity index (χ2n) is 5.94. The third kappa shape index (κ3) is 3.61. The van der Waals surface area contributed by atoms with E-state index in [0.717, 1.165) is 37.8 Å². The minimum Gasteiger partial charge on any atom is -0.370 e. The number of hydrogen-bond donors (Lipinski definition) is 1. The Kier molecular flexibility index (Phi) is 4.20. The summed E-state index contributed by atoms with van der Waals surface area (Å²) in [5, 5.41) is 3.46. The van der Waals surface area contributed by atoms with E-state index in [1.807, 2.05) is 24.7 Å². The van der Waals surface area contributed by atoms with Crippen molar-refractivity contribution in [3.05, 3.63) is 42.1 Å². The van der Waals surface area contributed by atoms with Gasteiger partial charge < -0.3 is 9.88 Å². The third-order valence-corrected chi connectivity index (χ3v) is 4.14. The first-order chi connectivity index (χ1) is 10.2. The second-order valence-corrected chi connectivity index (χ2v) is 5.94. The lowest BCUT2D eigenvalue weighted by Crippen LogP contribution is -2.24. The van der Waals surface area contributed by atoms with Crippen molar-refractivity contribution in [2.45, 2.75) is 19.9 Å². The van der Waals surface area contributed by atoms with Crippen LogP contribution in [0.25, 0.3) is 0 Å². The van der Waals surface area contributed by atoms with Crippen LogP contribution in [0.1, 0.15) is 17.8 Å². The maximum absolute atomic E-state index is 4.40. The van der Waals surface area contributed by atoms with Crippen molar-refractivity contribution in [2.24, 2.45) is 13.0 Å². The fraction of sp³-hybridized carbons (Fsp3) is 0.500. The Morgan fingerprint density at radius 1 is 1.33 bits per heavy atom. The molecule has 1 fully saturated rings. The fourth-order valence-electron chi connectivity index (χ4n) is 2.85. The van der Waals surface area contributed by atoms with Crippen molar-refractivity contribution in [3.63, 3.8) is 0 Å². The summed E-state index contributed by atoms with van der Waals surface area (Å²) < 4.78 is 2.10. The summed E-state index contributed by atoms with van der Waals surface area (Å²) in [5.41, 5.74) is 1.25. The number of pyridine rings is 1. The van der Waals surface area contributed by atoms with E-state index in [1.54, 1.807) is 0 Å². The largest absolute Gasteiger partial charge is 0.370 e. The Bertz CT molecular complexity index is 592. The first-order valence-corrected chi connectivity index (χ1v) is 7.56. The summed E-state index contributed by atoms with van der Waals surface area (Å²) in [5.74, 6) is 2.81. The summed E-state index contributed by atoms with van der Waals surface area (Å²) in [6.07, 6.45) is 6.98. The molecule has 1 aliphatic rings. The number of imidazole rings is 1. The molecule has 2 aromatic rings. The highest BCUT2D eigenvalue weighted by Gasteiger charge is 2.23. The van der Waals surface area contributed by atoms with E-state index in [9.17, 15) is 0 Å². The van der Waals surface area contributed by atoms with Gasteiger partial charge in [0.25, 0.3) is 0 Å². The van der Waals surface area contributed by atoms with Gasteiger partial charge in [-0.05, 0) is 43.5 Å². The average Bonchev–Trinajstić information content (AvgIpc) is 3.07. The number of hydrogen-bond acceptors (Lipinski definition) is 4. The Balaban J connectivity index is 1.47. The van der Waals surface area contributed by atoms with Crippen molar-refractivity contribution in [1.29, 1.82) is 0 Å².